The van der Waals surface area contributed by atoms with E-state index in [0.29, 0.717) is 40.5 Å². The van der Waals surface area contributed by atoms with Crippen molar-refractivity contribution in [3.63, 3.8) is 0 Å². The molecule has 0 saturated heterocycles. The Balaban J connectivity index is 1.50. The number of methoxy groups -OCH3 is 2. The van der Waals surface area contributed by atoms with Crippen molar-refractivity contribution in [2.45, 2.75) is 12.3 Å². The summed E-state index contributed by atoms with van der Waals surface area (Å²) in [5, 5.41) is 3.43. The zero-order valence-corrected chi connectivity index (χ0v) is 16.5. The fraction of sp³-hybridized carbons (Fsp3) is 0.250. The quantitative estimate of drug-likeness (QED) is 0.605. The Labute approximate surface area is 166 Å². The number of nitrogens with one attached hydrogen (secondary N) is 2. The molecule has 0 atom stereocenters. The third kappa shape index (κ3) is 4.83. The number of nitrogens with zero attached hydrogens (tertiary/aromatic N) is 1. The molecule has 28 heavy (non-hydrogen) atoms. The predicted octanol–water partition coefficient (Wildman–Crippen LogP) is 2.49. The SMILES string of the molecule is COc1ccc(CNC(=O)CSCc2nc3ccccc3c(=O)[nH]2)cc1OC. The van der Waals surface area contributed by atoms with E-state index < -0.39 is 0 Å². The minimum absolute atomic E-state index is 0.0945. The van der Waals surface area contributed by atoms with Crippen molar-refractivity contribution < 1.29 is 14.3 Å². The zero-order chi connectivity index (χ0) is 19.9. The van der Waals surface area contributed by atoms with Gasteiger partial charge in [-0.3, -0.25) is 9.59 Å². The maximum atomic E-state index is 12.1. The van der Waals surface area contributed by atoms with Crippen LogP contribution in [-0.4, -0.2) is 35.8 Å². The number of H-pyrrole nitrogens is 1. The molecule has 3 rings (SSSR count). The van der Waals surface area contributed by atoms with E-state index in [1.165, 1.54) is 11.8 Å². The molecular formula is C20H21N3O4S. The van der Waals surface area contributed by atoms with Crippen molar-refractivity contribution in [1.82, 2.24) is 15.3 Å². The van der Waals surface area contributed by atoms with Gasteiger partial charge in [0, 0.05) is 6.54 Å². The first-order valence-electron chi connectivity index (χ1n) is 8.64. The van der Waals surface area contributed by atoms with Gasteiger partial charge in [-0.1, -0.05) is 18.2 Å². The average Bonchev–Trinajstić information content (AvgIpc) is 2.72. The Morgan fingerprint density at radius 3 is 2.71 bits per heavy atom. The number of aromatic nitrogens is 2. The Hall–Kier alpha value is -3.00. The van der Waals surface area contributed by atoms with E-state index in [1.54, 1.807) is 38.5 Å². The van der Waals surface area contributed by atoms with Gasteiger partial charge in [0.1, 0.15) is 5.82 Å². The number of thioether (sulfide) groups is 1. The van der Waals surface area contributed by atoms with E-state index in [2.05, 4.69) is 15.3 Å². The van der Waals surface area contributed by atoms with Crippen LogP contribution in [0.5, 0.6) is 11.5 Å². The van der Waals surface area contributed by atoms with Crippen LogP contribution in [0, 0.1) is 0 Å². The van der Waals surface area contributed by atoms with E-state index >= 15 is 0 Å². The molecule has 0 unspecified atom stereocenters. The molecule has 0 fully saturated rings. The standard InChI is InChI=1S/C20H21N3O4S/c1-26-16-8-7-13(9-17(16)27-2)10-21-19(24)12-28-11-18-22-15-6-4-3-5-14(15)20(25)23-18/h3-9H,10-12H2,1-2H3,(H,21,24)(H,22,23,25). The summed E-state index contributed by atoms with van der Waals surface area (Å²) in [5.41, 5.74) is 1.40. The molecule has 0 bridgehead atoms. The van der Waals surface area contributed by atoms with Crippen molar-refractivity contribution in [3.8, 4) is 11.5 Å². The molecule has 0 aliphatic rings. The van der Waals surface area contributed by atoms with E-state index in [9.17, 15) is 9.59 Å². The highest BCUT2D eigenvalue weighted by Gasteiger charge is 2.08. The molecule has 2 aromatic carbocycles. The van der Waals surface area contributed by atoms with Gasteiger partial charge in [0.15, 0.2) is 11.5 Å². The molecule has 0 aliphatic carbocycles. The van der Waals surface area contributed by atoms with Gasteiger partial charge in [-0.25, -0.2) is 4.98 Å². The van der Waals surface area contributed by atoms with Crippen molar-refractivity contribution in [2.24, 2.45) is 0 Å². The normalized spacial score (nSPS) is 10.6. The summed E-state index contributed by atoms with van der Waals surface area (Å²) in [7, 11) is 3.15. The number of hydrogen-bond donors (Lipinski definition) is 2. The molecule has 146 valence electrons. The van der Waals surface area contributed by atoms with Crippen LogP contribution in [0.3, 0.4) is 0 Å². The van der Waals surface area contributed by atoms with E-state index in [1.807, 2.05) is 18.2 Å². The van der Waals surface area contributed by atoms with Crippen LogP contribution in [0.4, 0.5) is 0 Å². The van der Waals surface area contributed by atoms with Gasteiger partial charge >= 0.3 is 0 Å². The minimum Gasteiger partial charge on any atom is -0.493 e. The lowest BCUT2D eigenvalue weighted by atomic mass is 10.2. The second-order valence-electron chi connectivity index (χ2n) is 5.99. The number of hydrogen-bond acceptors (Lipinski definition) is 6. The third-order valence-corrected chi connectivity index (χ3v) is 5.02. The lowest BCUT2D eigenvalue weighted by molar-refractivity contribution is -0.118. The fourth-order valence-electron chi connectivity index (χ4n) is 2.69. The minimum atomic E-state index is -0.167. The number of benzene rings is 2. The number of para-hydroxylation sites is 1. The van der Waals surface area contributed by atoms with E-state index in [4.69, 9.17) is 9.47 Å². The van der Waals surface area contributed by atoms with Crippen LogP contribution in [-0.2, 0) is 17.1 Å². The summed E-state index contributed by atoms with van der Waals surface area (Å²) in [6.45, 7) is 0.394. The second kappa shape index (κ2) is 9.27. The van der Waals surface area contributed by atoms with Crippen LogP contribution in [0.2, 0.25) is 0 Å². The first kappa shape index (κ1) is 19.8. The lowest BCUT2D eigenvalue weighted by Crippen LogP contribution is -2.24. The van der Waals surface area contributed by atoms with Gasteiger partial charge in [0.05, 0.1) is 36.6 Å². The maximum absolute atomic E-state index is 12.1. The fourth-order valence-corrected chi connectivity index (χ4v) is 3.41. The Bertz CT molecular complexity index is 1040. The molecule has 3 aromatic rings. The van der Waals surface area contributed by atoms with Crippen molar-refractivity contribution >= 4 is 28.6 Å². The summed E-state index contributed by atoms with van der Waals surface area (Å²) < 4.78 is 10.5. The smallest absolute Gasteiger partial charge is 0.258 e. The topological polar surface area (TPSA) is 93.3 Å². The van der Waals surface area contributed by atoms with E-state index in [-0.39, 0.29) is 17.2 Å². The lowest BCUT2D eigenvalue weighted by Gasteiger charge is -2.10. The number of carbonyl (C=O) groups is 1. The van der Waals surface area contributed by atoms with Crippen LogP contribution in [0.25, 0.3) is 10.9 Å². The molecule has 0 saturated carbocycles. The van der Waals surface area contributed by atoms with Gasteiger partial charge in [0.2, 0.25) is 5.91 Å². The molecule has 2 N–H and O–H groups in total. The van der Waals surface area contributed by atoms with E-state index in [0.717, 1.165) is 5.56 Å². The van der Waals surface area contributed by atoms with Gasteiger partial charge in [-0.2, -0.15) is 0 Å². The number of carbonyl (C=O) groups excluding carboxylic acids is 1. The number of amides is 1. The highest BCUT2D eigenvalue weighted by atomic mass is 32.2. The number of aromatic amines is 1. The van der Waals surface area contributed by atoms with Gasteiger partial charge in [-0.15, -0.1) is 11.8 Å². The Morgan fingerprint density at radius 2 is 1.93 bits per heavy atom. The molecule has 1 heterocycles. The molecule has 0 spiro atoms. The van der Waals surface area contributed by atoms with Gasteiger partial charge < -0.3 is 19.8 Å². The summed E-state index contributed by atoms with van der Waals surface area (Å²) >= 11 is 1.39. The van der Waals surface area contributed by atoms with Gasteiger partial charge in [-0.05, 0) is 29.8 Å². The molecule has 8 heteroatoms. The van der Waals surface area contributed by atoms with Crippen LogP contribution in [0.15, 0.2) is 47.3 Å². The molecule has 1 amide bonds. The second-order valence-corrected chi connectivity index (χ2v) is 6.97. The van der Waals surface area contributed by atoms with Crippen LogP contribution < -0.4 is 20.3 Å². The highest BCUT2D eigenvalue weighted by molar-refractivity contribution is 7.99. The van der Waals surface area contributed by atoms with Gasteiger partial charge in [0.25, 0.3) is 5.56 Å². The third-order valence-electron chi connectivity index (χ3n) is 4.07. The first-order valence-corrected chi connectivity index (χ1v) is 9.79. The van der Waals surface area contributed by atoms with Crippen molar-refractivity contribution in [3.05, 3.63) is 64.2 Å². The molecule has 0 aliphatic heterocycles. The summed E-state index contributed by atoms with van der Waals surface area (Å²) in [5.74, 6) is 2.44. The van der Waals surface area contributed by atoms with Crippen LogP contribution in [0.1, 0.15) is 11.4 Å². The molecule has 7 nitrogen and oxygen atoms in total. The number of rotatable bonds is 8. The van der Waals surface area contributed by atoms with Crippen LogP contribution >= 0.6 is 11.8 Å². The Morgan fingerprint density at radius 1 is 1.14 bits per heavy atom. The number of ether oxygens (including phenoxy) is 2. The predicted molar refractivity (Wildman–Crippen MR) is 110 cm³/mol. The summed E-state index contributed by atoms with van der Waals surface area (Å²) in [6.07, 6.45) is 0. The maximum Gasteiger partial charge on any atom is 0.258 e. The van der Waals surface area contributed by atoms with Crippen molar-refractivity contribution in [1.29, 1.82) is 0 Å². The monoisotopic (exact) mass is 399 g/mol. The molecule has 1 aromatic heterocycles. The Kier molecular flexibility index (Phi) is 6.54. The zero-order valence-electron chi connectivity index (χ0n) is 15.7. The molecule has 0 radical (unpaired) electrons. The number of fused-ring (bicyclic) bond motifs is 1. The van der Waals surface area contributed by atoms with Crippen molar-refractivity contribution in [2.75, 3.05) is 20.0 Å². The largest absolute Gasteiger partial charge is 0.493 e. The first-order chi connectivity index (χ1) is 13.6. The summed E-state index contributed by atoms with van der Waals surface area (Å²) in [6, 6.07) is 12.7. The highest BCUT2D eigenvalue weighted by Crippen LogP contribution is 2.27. The summed E-state index contributed by atoms with van der Waals surface area (Å²) in [4.78, 5) is 31.3. The molecular weight excluding hydrogens is 378 g/mol. The average molecular weight is 399 g/mol.